The molecule has 3 N–H and O–H groups in total. The van der Waals surface area contributed by atoms with Crippen molar-refractivity contribution < 1.29 is 13.2 Å². The summed E-state index contributed by atoms with van der Waals surface area (Å²) in [6, 6.07) is 11.6. The Balaban J connectivity index is 1.39. The molecule has 3 aromatic rings. The molecule has 4 rings (SSSR count). The van der Waals surface area contributed by atoms with Crippen LogP contribution in [0.2, 0.25) is 0 Å². The van der Waals surface area contributed by atoms with Crippen LogP contribution in [0.4, 0.5) is 11.5 Å². The molecule has 1 saturated heterocycles. The topological polar surface area (TPSA) is 131 Å². The second-order valence-electron chi connectivity index (χ2n) is 7.75. The molecule has 1 aromatic carbocycles. The number of primary sulfonamides is 1. The second kappa shape index (κ2) is 9.01. The van der Waals surface area contributed by atoms with Crippen molar-refractivity contribution in [3.05, 3.63) is 60.6 Å². The highest BCUT2D eigenvalue weighted by atomic mass is 32.2. The molecule has 9 nitrogen and oxygen atoms in total. The molecule has 166 valence electrons. The fraction of sp³-hybridized carbons (Fsp3) is 0.273. The van der Waals surface area contributed by atoms with Crippen molar-refractivity contribution in [1.29, 1.82) is 0 Å². The molecule has 32 heavy (non-hydrogen) atoms. The average Bonchev–Trinajstić information content (AvgIpc) is 2.79. The van der Waals surface area contributed by atoms with Crippen molar-refractivity contribution in [2.45, 2.75) is 24.7 Å². The quantitative estimate of drug-likeness (QED) is 0.607. The zero-order valence-electron chi connectivity index (χ0n) is 17.6. The van der Waals surface area contributed by atoms with Gasteiger partial charge in [0.1, 0.15) is 5.82 Å². The molecule has 10 heteroatoms. The molecule has 0 bridgehead atoms. The predicted octanol–water partition coefficient (Wildman–Crippen LogP) is 2.35. The van der Waals surface area contributed by atoms with E-state index >= 15 is 0 Å². The summed E-state index contributed by atoms with van der Waals surface area (Å²) >= 11 is 0. The number of sulfonamides is 1. The van der Waals surface area contributed by atoms with E-state index < -0.39 is 10.0 Å². The largest absolute Gasteiger partial charge is 0.356 e. The number of hydrogen-bond donors (Lipinski definition) is 2. The van der Waals surface area contributed by atoms with Crippen molar-refractivity contribution in [1.82, 2.24) is 15.0 Å². The van der Waals surface area contributed by atoms with Crippen LogP contribution in [0.25, 0.3) is 11.4 Å². The third kappa shape index (κ3) is 5.09. The first-order chi connectivity index (χ1) is 15.3. The normalized spacial score (nSPS) is 14.9. The minimum absolute atomic E-state index is 0.00934. The Labute approximate surface area is 186 Å². The lowest BCUT2D eigenvalue weighted by Gasteiger charge is -2.32. The highest BCUT2D eigenvalue weighted by Gasteiger charge is 2.26. The molecule has 0 aliphatic carbocycles. The Morgan fingerprint density at radius 3 is 2.34 bits per heavy atom. The van der Waals surface area contributed by atoms with Crippen LogP contribution in [0.15, 0.2) is 59.8 Å². The average molecular weight is 453 g/mol. The van der Waals surface area contributed by atoms with Crippen LogP contribution in [0, 0.1) is 12.8 Å². The molecule has 0 saturated carbocycles. The smallest absolute Gasteiger partial charge is 0.238 e. The Bertz CT molecular complexity index is 1210. The van der Waals surface area contributed by atoms with Gasteiger partial charge in [0.2, 0.25) is 15.9 Å². The molecule has 1 amide bonds. The van der Waals surface area contributed by atoms with E-state index in [-0.39, 0.29) is 16.7 Å². The summed E-state index contributed by atoms with van der Waals surface area (Å²) in [7, 11) is -3.76. The molecule has 1 fully saturated rings. The Kier molecular flexibility index (Phi) is 6.15. The number of nitrogens with one attached hydrogen (secondary N) is 1. The van der Waals surface area contributed by atoms with E-state index in [1.165, 1.54) is 24.3 Å². The lowest BCUT2D eigenvalue weighted by molar-refractivity contribution is -0.120. The van der Waals surface area contributed by atoms with E-state index in [0.717, 1.165) is 17.1 Å². The van der Waals surface area contributed by atoms with Gasteiger partial charge >= 0.3 is 0 Å². The zero-order chi connectivity index (χ0) is 22.7. The number of hydrogen-bond acceptors (Lipinski definition) is 7. The monoisotopic (exact) mass is 452 g/mol. The molecule has 2 aromatic heterocycles. The molecule has 0 unspecified atom stereocenters. The van der Waals surface area contributed by atoms with Gasteiger partial charge in [-0.15, -0.1) is 0 Å². The number of carbonyl (C=O) groups excluding carboxylic acids is 1. The highest BCUT2D eigenvalue weighted by Crippen LogP contribution is 2.26. The van der Waals surface area contributed by atoms with Crippen molar-refractivity contribution in [2.75, 3.05) is 23.3 Å². The van der Waals surface area contributed by atoms with Crippen LogP contribution >= 0.6 is 0 Å². The van der Waals surface area contributed by atoms with Crippen LogP contribution in [0.1, 0.15) is 18.5 Å². The molecule has 0 radical (unpaired) electrons. The van der Waals surface area contributed by atoms with E-state index in [0.29, 0.717) is 37.4 Å². The summed E-state index contributed by atoms with van der Waals surface area (Å²) in [6.07, 6.45) is 4.81. The number of anilines is 2. The minimum atomic E-state index is -3.76. The number of piperidine rings is 1. The number of aryl methyl sites for hydroxylation is 1. The summed E-state index contributed by atoms with van der Waals surface area (Å²) in [5.41, 5.74) is 2.33. The van der Waals surface area contributed by atoms with Gasteiger partial charge in [0, 0.05) is 54.4 Å². The fourth-order valence-corrected chi connectivity index (χ4v) is 4.20. The Morgan fingerprint density at radius 2 is 1.72 bits per heavy atom. The Morgan fingerprint density at radius 1 is 1.06 bits per heavy atom. The number of benzene rings is 1. The number of aromatic nitrogens is 3. The molecular formula is C22H24N6O3S. The highest BCUT2D eigenvalue weighted by molar-refractivity contribution is 7.89. The molecule has 1 aliphatic rings. The van der Waals surface area contributed by atoms with E-state index in [9.17, 15) is 13.2 Å². The number of amides is 1. The third-order valence-electron chi connectivity index (χ3n) is 5.42. The summed E-state index contributed by atoms with van der Waals surface area (Å²) in [6.45, 7) is 3.35. The molecular weight excluding hydrogens is 428 g/mol. The molecule has 1 aliphatic heterocycles. The lowest BCUT2D eigenvalue weighted by Crippen LogP contribution is -2.38. The van der Waals surface area contributed by atoms with E-state index in [1.807, 2.05) is 25.1 Å². The van der Waals surface area contributed by atoms with E-state index in [4.69, 9.17) is 10.1 Å². The molecule has 3 heterocycles. The second-order valence-corrected chi connectivity index (χ2v) is 9.31. The predicted molar refractivity (Wildman–Crippen MR) is 121 cm³/mol. The van der Waals surface area contributed by atoms with E-state index in [1.54, 1.807) is 12.4 Å². The van der Waals surface area contributed by atoms with Gasteiger partial charge in [0.15, 0.2) is 5.82 Å². The Hall–Kier alpha value is -3.37. The maximum absolute atomic E-state index is 12.7. The first-order valence-corrected chi connectivity index (χ1v) is 11.8. The van der Waals surface area contributed by atoms with Crippen molar-refractivity contribution >= 4 is 27.4 Å². The van der Waals surface area contributed by atoms with Gasteiger partial charge < -0.3 is 10.2 Å². The number of rotatable bonds is 5. The summed E-state index contributed by atoms with van der Waals surface area (Å²) in [5.74, 6) is 1.29. The number of nitrogens with zero attached hydrogens (tertiary/aromatic N) is 4. The zero-order valence-corrected chi connectivity index (χ0v) is 18.4. The molecule has 0 atom stereocenters. The number of nitrogens with two attached hydrogens (primary N) is 1. The van der Waals surface area contributed by atoms with Gasteiger partial charge in [-0.2, -0.15) is 0 Å². The first kappa shape index (κ1) is 21.8. The van der Waals surface area contributed by atoms with Gasteiger partial charge in [-0.1, -0.05) is 0 Å². The third-order valence-corrected chi connectivity index (χ3v) is 6.35. The van der Waals surface area contributed by atoms with E-state index in [2.05, 4.69) is 20.2 Å². The summed E-state index contributed by atoms with van der Waals surface area (Å²) < 4.78 is 22.7. The van der Waals surface area contributed by atoms with Gasteiger partial charge in [0.05, 0.1) is 4.90 Å². The van der Waals surface area contributed by atoms with Gasteiger partial charge in [-0.05, 0) is 56.2 Å². The van der Waals surface area contributed by atoms with Crippen LogP contribution in [0.5, 0.6) is 0 Å². The first-order valence-electron chi connectivity index (χ1n) is 10.2. The SMILES string of the molecule is Cc1cc(N2CCC(C(=O)Nc3ccc(S(N)(=O)=O)cc3)CC2)nc(-c2ccncc2)n1. The lowest BCUT2D eigenvalue weighted by atomic mass is 9.95. The van der Waals surface area contributed by atoms with Crippen LogP contribution in [-0.4, -0.2) is 42.4 Å². The summed E-state index contributed by atoms with van der Waals surface area (Å²) in [5, 5.41) is 7.97. The molecule has 0 spiro atoms. The van der Waals surface area contributed by atoms with Crippen LogP contribution in [-0.2, 0) is 14.8 Å². The van der Waals surface area contributed by atoms with Gasteiger partial charge in [-0.25, -0.2) is 23.5 Å². The van der Waals surface area contributed by atoms with Crippen molar-refractivity contribution in [3.8, 4) is 11.4 Å². The van der Waals surface area contributed by atoms with Crippen LogP contribution < -0.4 is 15.4 Å². The number of pyridine rings is 1. The minimum Gasteiger partial charge on any atom is -0.356 e. The standard InChI is InChI=1S/C22H24N6O3S/c1-15-14-20(27-21(25-15)16-6-10-24-11-7-16)28-12-8-17(9-13-28)22(29)26-18-2-4-19(5-3-18)32(23,30)31/h2-7,10-11,14,17H,8-9,12-13H2,1H3,(H,26,29)(H2,23,30,31). The van der Waals surface area contributed by atoms with Crippen molar-refractivity contribution in [2.24, 2.45) is 11.1 Å². The fourth-order valence-electron chi connectivity index (χ4n) is 3.69. The number of carbonyl (C=O) groups is 1. The maximum atomic E-state index is 12.7. The maximum Gasteiger partial charge on any atom is 0.238 e. The van der Waals surface area contributed by atoms with Crippen LogP contribution in [0.3, 0.4) is 0 Å². The van der Waals surface area contributed by atoms with Gasteiger partial charge in [0.25, 0.3) is 0 Å². The van der Waals surface area contributed by atoms with Crippen molar-refractivity contribution in [3.63, 3.8) is 0 Å². The summed E-state index contributed by atoms with van der Waals surface area (Å²) in [4.78, 5) is 28.2. The van der Waals surface area contributed by atoms with Gasteiger partial charge in [-0.3, -0.25) is 9.78 Å².